The van der Waals surface area contributed by atoms with E-state index in [4.69, 9.17) is 4.74 Å². The highest BCUT2D eigenvalue weighted by atomic mass is 16.5. The van der Waals surface area contributed by atoms with E-state index in [9.17, 15) is 4.79 Å². The number of rotatable bonds is 8. The van der Waals surface area contributed by atoms with Gasteiger partial charge >= 0.3 is 5.97 Å². The van der Waals surface area contributed by atoms with Crippen molar-refractivity contribution in [1.29, 1.82) is 0 Å². The largest absolute Gasteiger partial charge is 0.462 e. The molecular weight excluding hydrogens is 404 g/mol. The summed E-state index contributed by atoms with van der Waals surface area (Å²) in [6.45, 7) is 16.5. The van der Waals surface area contributed by atoms with Gasteiger partial charge < -0.3 is 4.74 Å². The van der Waals surface area contributed by atoms with Gasteiger partial charge in [0.25, 0.3) is 0 Å². The van der Waals surface area contributed by atoms with Gasteiger partial charge in [0.2, 0.25) is 0 Å². The first kappa shape index (κ1) is 25.3. The predicted molar refractivity (Wildman–Crippen MR) is 141 cm³/mol. The van der Waals surface area contributed by atoms with E-state index in [1.54, 1.807) is 0 Å². The highest BCUT2D eigenvalue weighted by Crippen LogP contribution is 2.47. The quantitative estimate of drug-likeness (QED) is 0.300. The van der Waals surface area contributed by atoms with Gasteiger partial charge in [-0.25, -0.2) is 4.79 Å². The molecular formula is C31H42O2. The predicted octanol–water partition coefficient (Wildman–Crippen LogP) is 8.51. The fraction of sp³-hybridized carbons (Fsp3) is 0.516. The van der Waals surface area contributed by atoms with Gasteiger partial charge in [0.1, 0.15) is 0 Å². The van der Waals surface area contributed by atoms with E-state index < -0.39 is 0 Å². The molecule has 1 aliphatic rings. The summed E-state index contributed by atoms with van der Waals surface area (Å²) in [5.41, 5.74) is 9.32. The average molecular weight is 447 g/mol. The normalized spacial score (nSPS) is 16.9. The number of carbonyl (C=O) groups is 1. The van der Waals surface area contributed by atoms with Crippen LogP contribution < -0.4 is 0 Å². The van der Waals surface area contributed by atoms with Crippen LogP contribution in [0.4, 0.5) is 0 Å². The Balaban J connectivity index is 2.00. The summed E-state index contributed by atoms with van der Waals surface area (Å²) in [5, 5.41) is 0. The molecule has 0 N–H and O–H groups in total. The molecule has 0 bridgehead atoms. The SMILES string of the molecule is CCCCc1cc2c(cc1/C(C)=C/c1ccc(C(=O)OCCC)cc1)C(C)(C)CCC2(C)C. The van der Waals surface area contributed by atoms with Crippen LogP contribution in [-0.4, -0.2) is 12.6 Å². The minimum absolute atomic E-state index is 0.198. The molecule has 0 fully saturated rings. The highest BCUT2D eigenvalue weighted by molar-refractivity contribution is 5.90. The van der Waals surface area contributed by atoms with Crippen LogP contribution in [0.15, 0.2) is 36.4 Å². The molecule has 2 nitrogen and oxygen atoms in total. The van der Waals surface area contributed by atoms with Crippen molar-refractivity contribution in [2.75, 3.05) is 6.61 Å². The number of ether oxygens (including phenoxy) is 1. The molecule has 0 saturated carbocycles. The molecule has 0 aliphatic heterocycles. The van der Waals surface area contributed by atoms with E-state index in [0.29, 0.717) is 12.2 Å². The van der Waals surface area contributed by atoms with E-state index in [1.807, 2.05) is 31.2 Å². The van der Waals surface area contributed by atoms with Gasteiger partial charge in [-0.05, 0) is 95.4 Å². The lowest BCUT2D eigenvalue weighted by Crippen LogP contribution is -2.34. The Kier molecular flexibility index (Phi) is 7.88. The summed E-state index contributed by atoms with van der Waals surface area (Å²) in [5.74, 6) is -0.245. The molecule has 0 aromatic heterocycles. The van der Waals surface area contributed by atoms with Crippen molar-refractivity contribution >= 4 is 17.6 Å². The van der Waals surface area contributed by atoms with Gasteiger partial charge in [0, 0.05) is 0 Å². The van der Waals surface area contributed by atoms with Crippen LogP contribution in [0.3, 0.4) is 0 Å². The molecule has 2 aromatic carbocycles. The first-order chi connectivity index (χ1) is 15.6. The maximum atomic E-state index is 12.1. The van der Waals surface area contributed by atoms with Crippen LogP contribution in [0.1, 0.15) is 119 Å². The summed E-state index contributed by atoms with van der Waals surface area (Å²) in [4.78, 5) is 12.1. The molecule has 33 heavy (non-hydrogen) atoms. The minimum Gasteiger partial charge on any atom is -0.462 e. The fourth-order valence-electron chi connectivity index (χ4n) is 4.92. The number of hydrogen-bond acceptors (Lipinski definition) is 2. The minimum atomic E-state index is -0.245. The number of esters is 1. The van der Waals surface area contributed by atoms with E-state index in [0.717, 1.165) is 18.4 Å². The Bertz CT molecular complexity index is 1010. The molecule has 0 unspecified atom stereocenters. The number of unbranched alkanes of at least 4 members (excludes halogenated alkanes) is 1. The van der Waals surface area contributed by atoms with Gasteiger partial charge in [-0.1, -0.05) is 78.3 Å². The molecule has 0 heterocycles. The lowest BCUT2D eigenvalue weighted by Gasteiger charge is -2.42. The third-order valence-electron chi connectivity index (χ3n) is 7.27. The van der Waals surface area contributed by atoms with E-state index >= 15 is 0 Å². The van der Waals surface area contributed by atoms with Crippen LogP contribution in [-0.2, 0) is 22.0 Å². The summed E-state index contributed by atoms with van der Waals surface area (Å²) < 4.78 is 5.26. The van der Waals surface area contributed by atoms with E-state index in [1.165, 1.54) is 53.5 Å². The Morgan fingerprint density at radius 2 is 1.55 bits per heavy atom. The van der Waals surface area contributed by atoms with Crippen LogP contribution >= 0.6 is 0 Å². The molecule has 1 aliphatic carbocycles. The van der Waals surface area contributed by atoms with Gasteiger partial charge in [-0.2, -0.15) is 0 Å². The van der Waals surface area contributed by atoms with Gasteiger partial charge in [-0.3, -0.25) is 0 Å². The molecule has 3 rings (SSSR count). The zero-order valence-electron chi connectivity index (χ0n) is 21.8. The first-order valence-electron chi connectivity index (χ1n) is 12.7. The average Bonchev–Trinajstić information content (AvgIpc) is 2.79. The number of benzene rings is 2. The van der Waals surface area contributed by atoms with E-state index in [2.05, 4.69) is 59.8 Å². The lowest BCUT2D eigenvalue weighted by molar-refractivity contribution is 0.0505. The Morgan fingerprint density at radius 3 is 2.12 bits per heavy atom. The van der Waals surface area contributed by atoms with Crippen LogP contribution in [0, 0.1) is 0 Å². The highest BCUT2D eigenvalue weighted by Gasteiger charge is 2.37. The second-order valence-electron chi connectivity index (χ2n) is 11.0. The molecule has 0 atom stereocenters. The summed E-state index contributed by atoms with van der Waals surface area (Å²) in [7, 11) is 0. The summed E-state index contributed by atoms with van der Waals surface area (Å²) >= 11 is 0. The second kappa shape index (κ2) is 10.3. The topological polar surface area (TPSA) is 26.3 Å². The van der Waals surface area contributed by atoms with Gasteiger partial charge in [-0.15, -0.1) is 0 Å². The zero-order valence-corrected chi connectivity index (χ0v) is 21.8. The molecule has 178 valence electrons. The van der Waals surface area contributed by atoms with E-state index in [-0.39, 0.29) is 16.8 Å². The van der Waals surface area contributed by atoms with Crippen molar-refractivity contribution in [3.05, 3.63) is 69.8 Å². The number of carbonyl (C=O) groups excluding carboxylic acids is 1. The number of aryl methyl sites for hydroxylation is 1. The van der Waals surface area contributed by atoms with Gasteiger partial charge in [0.05, 0.1) is 12.2 Å². The van der Waals surface area contributed by atoms with Crippen LogP contribution in [0.5, 0.6) is 0 Å². The molecule has 0 spiro atoms. The lowest BCUT2D eigenvalue weighted by atomic mass is 9.62. The maximum Gasteiger partial charge on any atom is 0.338 e. The number of allylic oxidation sites excluding steroid dienone is 1. The first-order valence-corrected chi connectivity index (χ1v) is 12.7. The Hall–Kier alpha value is -2.35. The van der Waals surface area contributed by atoms with Crippen molar-refractivity contribution in [1.82, 2.24) is 0 Å². The van der Waals surface area contributed by atoms with Crippen molar-refractivity contribution < 1.29 is 9.53 Å². The maximum absolute atomic E-state index is 12.1. The monoisotopic (exact) mass is 446 g/mol. The fourth-order valence-corrected chi connectivity index (χ4v) is 4.92. The summed E-state index contributed by atoms with van der Waals surface area (Å²) in [6, 6.07) is 12.8. The third-order valence-corrected chi connectivity index (χ3v) is 7.27. The molecule has 0 amide bonds. The van der Waals surface area contributed by atoms with Gasteiger partial charge in [0.15, 0.2) is 0 Å². The zero-order chi connectivity index (χ0) is 24.2. The smallest absolute Gasteiger partial charge is 0.338 e. The third kappa shape index (κ3) is 5.78. The van der Waals surface area contributed by atoms with Crippen molar-refractivity contribution in [2.24, 2.45) is 0 Å². The van der Waals surface area contributed by atoms with Crippen molar-refractivity contribution in [3.63, 3.8) is 0 Å². The van der Waals surface area contributed by atoms with Crippen LogP contribution in [0.25, 0.3) is 11.6 Å². The van der Waals surface area contributed by atoms with Crippen molar-refractivity contribution in [3.8, 4) is 0 Å². The van der Waals surface area contributed by atoms with Crippen LogP contribution in [0.2, 0.25) is 0 Å². The second-order valence-corrected chi connectivity index (χ2v) is 11.0. The standard InChI is InChI=1S/C31H42O2/c1-8-10-11-25-20-27-28(31(6,7)17-16-30(27,4)5)21-26(25)22(3)19-23-12-14-24(15-13-23)29(32)33-18-9-2/h12-15,19-21H,8-11,16-18H2,1-7H3/b22-19+. The Morgan fingerprint density at radius 1 is 0.939 bits per heavy atom. The number of fused-ring (bicyclic) bond motifs is 1. The Labute approximate surface area is 201 Å². The molecule has 0 radical (unpaired) electrons. The molecule has 2 heteroatoms. The molecule has 2 aromatic rings. The van der Waals surface area contributed by atoms with Crippen molar-refractivity contribution in [2.45, 2.75) is 97.8 Å². The number of hydrogen-bond donors (Lipinski definition) is 0. The summed E-state index contributed by atoms with van der Waals surface area (Å²) in [6.07, 6.45) is 9.06. The molecule has 0 saturated heterocycles.